The summed E-state index contributed by atoms with van der Waals surface area (Å²) in [5, 5.41) is 3.69. The van der Waals surface area contributed by atoms with Gasteiger partial charge in [-0.25, -0.2) is 4.98 Å². The van der Waals surface area contributed by atoms with Crippen molar-refractivity contribution in [1.82, 2.24) is 4.98 Å². The van der Waals surface area contributed by atoms with E-state index in [4.69, 9.17) is 9.47 Å². The van der Waals surface area contributed by atoms with Gasteiger partial charge in [-0.1, -0.05) is 25.2 Å². The number of thiazole rings is 1. The van der Waals surface area contributed by atoms with Crippen LogP contribution in [0.1, 0.15) is 33.1 Å². The maximum Gasteiger partial charge on any atom is 0.259 e. The molecule has 2 aliphatic carbocycles. The van der Waals surface area contributed by atoms with Gasteiger partial charge in [0.25, 0.3) is 5.91 Å². The Balaban J connectivity index is 1.46. The molecule has 0 unspecified atom stereocenters. The maximum absolute atomic E-state index is 13.2. The van der Waals surface area contributed by atoms with Crippen LogP contribution in [0.4, 0.5) is 5.13 Å². The van der Waals surface area contributed by atoms with Crippen LogP contribution >= 0.6 is 11.3 Å². The summed E-state index contributed by atoms with van der Waals surface area (Å²) < 4.78 is 12.4. The first-order valence-electron chi connectivity index (χ1n) is 8.82. The van der Waals surface area contributed by atoms with E-state index in [1.165, 1.54) is 17.8 Å². The van der Waals surface area contributed by atoms with Crippen LogP contribution in [0, 0.1) is 16.7 Å². The predicted octanol–water partition coefficient (Wildman–Crippen LogP) is 3.84. The highest BCUT2D eigenvalue weighted by Gasteiger charge is 2.78. The van der Waals surface area contributed by atoms with Crippen molar-refractivity contribution in [2.45, 2.75) is 38.7 Å². The van der Waals surface area contributed by atoms with Gasteiger partial charge in [0.05, 0.1) is 23.9 Å². The van der Waals surface area contributed by atoms with Crippen molar-refractivity contribution < 1.29 is 14.3 Å². The Morgan fingerprint density at radius 2 is 2.28 bits per heavy atom. The second kappa shape index (κ2) is 4.74. The number of carbonyl (C=O) groups is 1. The molecule has 3 aliphatic rings. The number of amides is 1. The smallest absolute Gasteiger partial charge is 0.259 e. The molecule has 1 amide bonds. The van der Waals surface area contributed by atoms with Crippen molar-refractivity contribution >= 4 is 32.6 Å². The minimum absolute atomic E-state index is 0.0213. The molecular weight excluding hydrogens is 336 g/mol. The summed E-state index contributed by atoms with van der Waals surface area (Å²) >= 11 is 1.48. The van der Waals surface area contributed by atoms with E-state index in [1.54, 1.807) is 7.11 Å². The Hall–Kier alpha value is -1.66. The zero-order chi connectivity index (χ0) is 17.4. The monoisotopic (exact) mass is 358 g/mol. The van der Waals surface area contributed by atoms with Crippen molar-refractivity contribution in [2.75, 3.05) is 19.0 Å². The number of nitrogens with one attached hydrogen (secondary N) is 1. The number of benzene rings is 1. The molecule has 2 aromatic rings. The first-order valence-corrected chi connectivity index (χ1v) is 9.64. The van der Waals surface area contributed by atoms with Gasteiger partial charge in [0.1, 0.15) is 5.75 Å². The molecule has 5 nitrogen and oxygen atoms in total. The van der Waals surface area contributed by atoms with Crippen LogP contribution in [-0.2, 0) is 9.53 Å². The summed E-state index contributed by atoms with van der Waals surface area (Å²) in [6, 6.07) is 5.75. The summed E-state index contributed by atoms with van der Waals surface area (Å²) in [7, 11) is 1.65. The van der Waals surface area contributed by atoms with E-state index < -0.39 is 5.60 Å². The standard InChI is InChI=1S/C19H22N2O3S/c1-17-10-24-19(9-11(17)6-7-18(17,19)2)15(22)21-16-20-13-5-4-12(23-3)8-14(13)25-16/h4-5,8,11H,6-7,9-10H2,1-3H3,(H,20,21,22)/t11-,17+,18-,19-/m1/s1. The van der Waals surface area contributed by atoms with Crippen LogP contribution in [-0.4, -0.2) is 30.2 Å². The molecule has 2 heterocycles. The molecule has 1 aromatic heterocycles. The van der Waals surface area contributed by atoms with E-state index in [2.05, 4.69) is 24.1 Å². The number of nitrogens with zero attached hydrogens (tertiary/aromatic N) is 1. The molecule has 1 aliphatic heterocycles. The lowest BCUT2D eigenvalue weighted by atomic mass is 9.66. The van der Waals surface area contributed by atoms with Crippen LogP contribution in [0.3, 0.4) is 0 Å². The van der Waals surface area contributed by atoms with E-state index in [9.17, 15) is 4.79 Å². The predicted molar refractivity (Wildman–Crippen MR) is 97.0 cm³/mol. The highest BCUT2D eigenvalue weighted by atomic mass is 32.1. The molecule has 2 saturated carbocycles. The lowest BCUT2D eigenvalue weighted by Gasteiger charge is -2.39. The highest BCUT2D eigenvalue weighted by Crippen LogP contribution is 2.75. The van der Waals surface area contributed by atoms with Crippen molar-refractivity contribution in [3.8, 4) is 5.75 Å². The largest absolute Gasteiger partial charge is 0.497 e. The van der Waals surface area contributed by atoms with Crippen LogP contribution in [0.5, 0.6) is 5.75 Å². The normalized spacial score (nSPS) is 38.4. The summed E-state index contributed by atoms with van der Waals surface area (Å²) in [5.74, 6) is 1.37. The van der Waals surface area contributed by atoms with Crippen LogP contribution in [0.25, 0.3) is 10.2 Å². The van der Waals surface area contributed by atoms with E-state index in [-0.39, 0.29) is 16.7 Å². The summed E-state index contributed by atoms with van der Waals surface area (Å²) in [5.41, 5.74) is 0.232. The molecule has 1 aromatic carbocycles. The fraction of sp³-hybridized carbons (Fsp3) is 0.579. The van der Waals surface area contributed by atoms with Crippen molar-refractivity contribution in [3.05, 3.63) is 18.2 Å². The fourth-order valence-corrected chi connectivity index (χ4v) is 6.43. The van der Waals surface area contributed by atoms with Gasteiger partial charge < -0.3 is 9.47 Å². The number of hydrogen-bond acceptors (Lipinski definition) is 5. The number of aromatic nitrogens is 1. The first kappa shape index (κ1) is 15.6. The Labute approximate surface area is 150 Å². The Morgan fingerprint density at radius 3 is 3.00 bits per heavy atom. The van der Waals surface area contributed by atoms with Gasteiger partial charge >= 0.3 is 0 Å². The third-order valence-electron chi connectivity index (χ3n) is 7.38. The van der Waals surface area contributed by atoms with Gasteiger partial charge in [-0.2, -0.15) is 0 Å². The van der Waals surface area contributed by atoms with Gasteiger partial charge in [-0.05, 0) is 43.4 Å². The minimum atomic E-state index is -0.694. The highest BCUT2D eigenvalue weighted by molar-refractivity contribution is 7.22. The molecule has 3 fully saturated rings. The Bertz CT molecular complexity index is 896. The molecule has 5 rings (SSSR count). The average Bonchev–Trinajstić information content (AvgIpc) is 3.24. The molecule has 132 valence electrons. The fourth-order valence-electron chi connectivity index (χ4n) is 5.54. The third-order valence-corrected chi connectivity index (χ3v) is 8.31. The Morgan fingerprint density at radius 1 is 1.44 bits per heavy atom. The molecule has 4 bridgehead atoms. The van der Waals surface area contributed by atoms with Crippen LogP contribution in [0.2, 0.25) is 0 Å². The second-order valence-corrected chi connectivity index (χ2v) is 9.14. The van der Waals surface area contributed by atoms with Crippen molar-refractivity contribution in [2.24, 2.45) is 16.7 Å². The second-order valence-electron chi connectivity index (χ2n) is 8.11. The quantitative estimate of drug-likeness (QED) is 0.906. The molecular formula is C19H22N2O3S. The third kappa shape index (κ3) is 1.72. The average molecular weight is 358 g/mol. The van der Waals surface area contributed by atoms with Gasteiger partial charge in [0, 0.05) is 10.8 Å². The van der Waals surface area contributed by atoms with Gasteiger partial charge in [-0.15, -0.1) is 0 Å². The van der Waals surface area contributed by atoms with Crippen LogP contribution < -0.4 is 10.1 Å². The number of anilines is 1. The molecule has 1 saturated heterocycles. The molecule has 6 heteroatoms. The van der Waals surface area contributed by atoms with Gasteiger partial charge in [-0.3, -0.25) is 10.1 Å². The van der Waals surface area contributed by atoms with E-state index >= 15 is 0 Å². The minimum Gasteiger partial charge on any atom is -0.497 e. The molecule has 25 heavy (non-hydrogen) atoms. The number of rotatable bonds is 3. The lowest BCUT2D eigenvalue weighted by Crippen LogP contribution is -2.52. The first-order chi connectivity index (χ1) is 11.9. The number of fused-ring (bicyclic) bond motifs is 1. The topological polar surface area (TPSA) is 60.5 Å². The summed E-state index contributed by atoms with van der Waals surface area (Å²) in [6.45, 7) is 5.24. The Kier molecular flexibility index (Phi) is 2.95. The summed E-state index contributed by atoms with van der Waals surface area (Å²) in [6.07, 6.45) is 3.12. The number of carbonyl (C=O) groups excluding carboxylic acids is 1. The van der Waals surface area contributed by atoms with Crippen molar-refractivity contribution in [3.63, 3.8) is 0 Å². The molecule has 0 radical (unpaired) electrons. The SMILES string of the molecule is COc1ccc2nc(NC(=O)[C@]34C[C@H]5CC[C@]3(C)[C@@]5(C)CO4)sc2c1. The number of ether oxygens (including phenoxy) is 2. The van der Waals surface area contributed by atoms with Gasteiger partial charge in [0.2, 0.25) is 0 Å². The van der Waals surface area contributed by atoms with E-state index in [0.717, 1.165) is 28.8 Å². The molecule has 0 spiro atoms. The van der Waals surface area contributed by atoms with Crippen LogP contribution in [0.15, 0.2) is 18.2 Å². The molecule has 1 N–H and O–H groups in total. The maximum atomic E-state index is 13.2. The number of hydrogen-bond donors (Lipinski definition) is 1. The zero-order valence-corrected chi connectivity index (χ0v) is 15.5. The van der Waals surface area contributed by atoms with E-state index in [1.807, 2.05) is 18.2 Å². The van der Waals surface area contributed by atoms with E-state index in [0.29, 0.717) is 17.7 Å². The van der Waals surface area contributed by atoms with Crippen molar-refractivity contribution in [1.29, 1.82) is 0 Å². The number of methoxy groups -OCH3 is 1. The summed E-state index contributed by atoms with van der Waals surface area (Å²) in [4.78, 5) is 17.8. The molecule has 4 atom stereocenters. The zero-order valence-electron chi connectivity index (χ0n) is 14.7. The van der Waals surface area contributed by atoms with Gasteiger partial charge in [0.15, 0.2) is 10.7 Å². The lowest BCUT2D eigenvalue weighted by molar-refractivity contribution is -0.149.